The number of carbonyl (C=O) groups is 1. The number of halogens is 2. The average molecular weight is 883 g/mol. The molecule has 16 heteroatoms. The quantitative estimate of drug-likeness (QED) is 0.0665. The summed E-state index contributed by atoms with van der Waals surface area (Å²) in [6.45, 7) is 4.63. The summed E-state index contributed by atoms with van der Waals surface area (Å²) in [6, 6.07) is 18.6. The maximum Gasteiger partial charge on any atom is 0.296 e. The molecule has 2 aliphatic carbocycles. The van der Waals surface area contributed by atoms with Gasteiger partial charge < -0.3 is 28.6 Å². The number of nitro benzene ring substituents is 1. The zero-order chi connectivity index (χ0) is 42.8. The van der Waals surface area contributed by atoms with E-state index in [4.69, 9.17) is 25.8 Å². The van der Waals surface area contributed by atoms with Gasteiger partial charge in [0.15, 0.2) is 4.90 Å². The predicted octanol–water partition coefficient (Wildman–Crippen LogP) is 8.79. The second-order valence-corrected chi connectivity index (χ2v) is 18.4. The number of allylic oxidation sites excluding steroid dienone is 1. The molecule has 3 fully saturated rings. The molecule has 1 amide bonds. The number of nitro groups is 1. The fourth-order valence-corrected chi connectivity index (χ4v) is 10.2. The number of anilines is 1. The Morgan fingerprint density at radius 2 is 1.89 bits per heavy atom. The van der Waals surface area contributed by atoms with E-state index >= 15 is 4.39 Å². The summed E-state index contributed by atoms with van der Waals surface area (Å²) in [5.41, 5.74) is 5.57. The molecule has 1 unspecified atom stereocenters. The molecule has 1 spiro atoms. The lowest BCUT2D eigenvalue weighted by molar-refractivity contribution is -0.385. The van der Waals surface area contributed by atoms with Crippen molar-refractivity contribution in [3.63, 3.8) is 0 Å². The lowest BCUT2D eigenvalue weighted by atomic mass is 9.59. The molecular formula is C46H48ClFN6O7S. The number of aromatic amines is 1. The highest BCUT2D eigenvalue weighted by atomic mass is 35.5. The summed E-state index contributed by atoms with van der Waals surface area (Å²) in [5.74, 6) is -1.18. The zero-order valence-corrected chi connectivity index (χ0v) is 35.8. The van der Waals surface area contributed by atoms with Crippen LogP contribution in [0.2, 0.25) is 5.02 Å². The van der Waals surface area contributed by atoms with Crippen molar-refractivity contribution in [2.45, 2.75) is 62.4 Å². The van der Waals surface area contributed by atoms with Crippen molar-refractivity contribution in [3.8, 4) is 11.5 Å². The largest absolute Gasteiger partial charge is 0.588 e. The molecule has 324 valence electrons. The molecule has 2 N–H and O–H groups in total. The van der Waals surface area contributed by atoms with E-state index in [9.17, 15) is 19.5 Å². The van der Waals surface area contributed by atoms with Crippen LogP contribution in [-0.2, 0) is 27.3 Å². The van der Waals surface area contributed by atoms with Gasteiger partial charge in [0.25, 0.3) is 11.6 Å². The van der Waals surface area contributed by atoms with Crippen LogP contribution < -0.4 is 14.4 Å². The third-order valence-electron chi connectivity index (χ3n) is 12.9. The Morgan fingerprint density at radius 1 is 1.06 bits per heavy atom. The van der Waals surface area contributed by atoms with E-state index in [1.165, 1.54) is 72.9 Å². The second-order valence-electron chi connectivity index (χ2n) is 16.7. The maximum absolute atomic E-state index is 16.2. The first-order chi connectivity index (χ1) is 30.1. The van der Waals surface area contributed by atoms with E-state index in [2.05, 4.69) is 31.7 Å². The second kappa shape index (κ2) is 18.4. The first-order valence-corrected chi connectivity index (χ1v) is 22.7. The van der Waals surface area contributed by atoms with E-state index in [1.54, 1.807) is 12.3 Å². The van der Waals surface area contributed by atoms with Crippen LogP contribution >= 0.6 is 11.6 Å². The molecule has 2 aromatic heterocycles. The molecule has 1 saturated carbocycles. The van der Waals surface area contributed by atoms with Gasteiger partial charge in [-0.05, 0) is 97.5 Å². The average Bonchev–Trinajstić information content (AvgIpc) is 3.75. The fraction of sp³-hybridized carbons (Fsp3) is 0.391. The van der Waals surface area contributed by atoms with Crippen LogP contribution in [0.1, 0.15) is 66.4 Å². The number of nitrogens with zero attached hydrogens (tertiary/aromatic N) is 4. The molecule has 2 aliphatic heterocycles. The summed E-state index contributed by atoms with van der Waals surface area (Å²) in [6.07, 6.45) is 11.5. The number of fused-ring (bicyclic) bond motifs is 1. The number of amides is 1. The zero-order valence-electron chi connectivity index (χ0n) is 34.2. The Kier molecular flexibility index (Phi) is 12.5. The van der Waals surface area contributed by atoms with Crippen LogP contribution in [0.3, 0.4) is 0 Å². The summed E-state index contributed by atoms with van der Waals surface area (Å²) in [7, 11) is 0. The Labute approximate surface area is 367 Å². The molecule has 9 rings (SSSR count). The van der Waals surface area contributed by atoms with E-state index in [0.29, 0.717) is 55.3 Å². The van der Waals surface area contributed by atoms with E-state index < -0.39 is 28.0 Å². The number of hydrogen-bond donors (Lipinski definition) is 2. The number of H-pyrrole nitrogens is 1. The van der Waals surface area contributed by atoms with Crippen molar-refractivity contribution in [2.75, 3.05) is 57.4 Å². The first kappa shape index (κ1) is 42.3. The summed E-state index contributed by atoms with van der Waals surface area (Å²) in [5, 5.41) is 13.6. The minimum Gasteiger partial charge on any atom is -0.588 e. The Morgan fingerprint density at radius 3 is 2.63 bits per heavy atom. The number of piperazine rings is 1. The lowest BCUT2D eigenvalue weighted by Crippen LogP contribution is -2.47. The van der Waals surface area contributed by atoms with E-state index in [1.807, 2.05) is 23.1 Å². The van der Waals surface area contributed by atoms with Gasteiger partial charge in [0.2, 0.25) is 0 Å². The highest BCUT2D eigenvalue weighted by Crippen LogP contribution is 2.55. The summed E-state index contributed by atoms with van der Waals surface area (Å²) >= 11 is 4.01. The minimum absolute atomic E-state index is 0.00239. The molecule has 62 heavy (non-hydrogen) atoms. The van der Waals surface area contributed by atoms with Crippen LogP contribution in [0.25, 0.3) is 16.6 Å². The van der Waals surface area contributed by atoms with Gasteiger partial charge in [0, 0.05) is 67.4 Å². The molecule has 4 aliphatic rings. The molecule has 3 aromatic carbocycles. The fourth-order valence-electron chi connectivity index (χ4n) is 9.25. The highest BCUT2D eigenvalue weighted by Gasteiger charge is 2.40. The van der Waals surface area contributed by atoms with Gasteiger partial charge in [0.1, 0.15) is 34.3 Å². The summed E-state index contributed by atoms with van der Waals surface area (Å²) < 4.78 is 49.6. The minimum atomic E-state index is -2.24. The summed E-state index contributed by atoms with van der Waals surface area (Å²) in [4.78, 5) is 37.2. The molecule has 4 heterocycles. The number of carbonyl (C=O) groups excluding carboxylic acids is 1. The molecule has 2 atom stereocenters. The van der Waals surface area contributed by atoms with Gasteiger partial charge in [-0.25, -0.2) is 9.37 Å². The van der Waals surface area contributed by atoms with Gasteiger partial charge in [-0.15, -0.1) is 0 Å². The number of nitrogens with one attached hydrogen (secondary N) is 2. The number of hydrogen-bond acceptors (Lipinski definition) is 10. The Hall–Kier alpha value is -5.03. The normalized spacial score (nSPS) is 19.7. The number of pyridine rings is 1. The van der Waals surface area contributed by atoms with Crippen LogP contribution in [-0.4, -0.2) is 88.9 Å². The van der Waals surface area contributed by atoms with E-state index in [-0.39, 0.29) is 40.1 Å². The standard InChI is InChI=1S/C46H48ClFN6O7S/c47-34-5-2-30(3-6-34)39-27-46(11-1-12-46)13-8-31(39)10-15-52-16-18-53(19-17-52)42-26-43(61-35-23-33-9-14-49-44(33)50-28-35)38(25-40(42)48)45(55)51-62(58)37-7-4-32(41(24-37)54(56)57)22-36-29-59-20-21-60-36/h2-7,9,14,23-26,28,36H,1,8,10-13,15-22,27,29H2,(H,49,50)(H,51,55)/t36-,62?/m0/s1. The van der Waals surface area contributed by atoms with Crippen LogP contribution in [0.5, 0.6) is 11.5 Å². The third kappa shape index (κ3) is 9.33. The SMILES string of the molecule is O=C(N[S+]([O-])c1ccc(C[C@H]2COCCO2)c([N+](=O)[O-])c1)c1cc(F)c(N2CCN(CCC3=C(c4ccc(Cl)cc4)CC4(CCC4)CC3)CC2)cc1Oc1cnc2[nH]ccc2c1. The maximum atomic E-state index is 16.2. The van der Waals surface area contributed by atoms with Crippen molar-refractivity contribution in [2.24, 2.45) is 5.41 Å². The van der Waals surface area contributed by atoms with Gasteiger partial charge in [-0.1, -0.05) is 35.7 Å². The van der Waals surface area contributed by atoms with Crippen molar-refractivity contribution >= 4 is 56.9 Å². The monoisotopic (exact) mass is 882 g/mol. The number of rotatable bonds is 13. The van der Waals surface area contributed by atoms with Crippen LogP contribution in [0.15, 0.2) is 89.6 Å². The van der Waals surface area contributed by atoms with Gasteiger partial charge >= 0.3 is 0 Å². The van der Waals surface area contributed by atoms with Gasteiger partial charge in [-0.2, -0.15) is 4.72 Å². The third-order valence-corrected chi connectivity index (χ3v) is 14.2. The highest BCUT2D eigenvalue weighted by molar-refractivity contribution is 7.90. The van der Waals surface area contributed by atoms with Crippen LogP contribution in [0, 0.1) is 21.3 Å². The smallest absolute Gasteiger partial charge is 0.296 e. The number of benzene rings is 3. The predicted molar refractivity (Wildman–Crippen MR) is 236 cm³/mol. The number of ether oxygens (including phenoxy) is 3. The molecule has 5 aromatic rings. The molecular weight excluding hydrogens is 835 g/mol. The van der Waals surface area contributed by atoms with Crippen molar-refractivity contribution in [1.82, 2.24) is 19.6 Å². The van der Waals surface area contributed by atoms with Gasteiger partial charge in [-0.3, -0.25) is 19.8 Å². The van der Waals surface area contributed by atoms with Crippen molar-refractivity contribution in [3.05, 3.63) is 122 Å². The molecule has 2 saturated heterocycles. The first-order valence-electron chi connectivity index (χ1n) is 21.2. The van der Waals surface area contributed by atoms with Crippen molar-refractivity contribution in [1.29, 1.82) is 0 Å². The molecule has 13 nitrogen and oxygen atoms in total. The van der Waals surface area contributed by atoms with Crippen LogP contribution in [0.4, 0.5) is 15.8 Å². The topological polar surface area (TPSA) is 158 Å². The number of aromatic nitrogens is 2. The molecule has 0 bridgehead atoms. The van der Waals surface area contributed by atoms with E-state index in [0.717, 1.165) is 55.4 Å². The Balaban J connectivity index is 0.910. The van der Waals surface area contributed by atoms with Crippen molar-refractivity contribution < 1.29 is 32.9 Å². The Bertz CT molecular complexity index is 2480. The van der Waals surface area contributed by atoms with Gasteiger partial charge in [0.05, 0.1) is 54.4 Å². The molecule has 0 radical (unpaired) electrons. The lowest BCUT2D eigenvalue weighted by Gasteiger charge is -2.46.